The molecule has 168 valence electrons. The fourth-order valence-electron chi connectivity index (χ4n) is 3.11. The second-order valence-corrected chi connectivity index (χ2v) is 9.79. The van der Waals surface area contributed by atoms with Crippen LogP contribution in [0, 0.1) is 5.41 Å². The number of anilines is 1. The first-order valence-electron chi connectivity index (χ1n) is 10.3. The summed E-state index contributed by atoms with van der Waals surface area (Å²) in [6.45, 7) is 9.87. The quantitative estimate of drug-likeness (QED) is 0.441. The first-order chi connectivity index (χ1) is 14.6. The Morgan fingerprint density at radius 3 is 2.84 bits per heavy atom. The Morgan fingerprint density at radius 1 is 1.32 bits per heavy atom. The average molecular weight is 447 g/mol. The molecule has 0 bridgehead atoms. The highest BCUT2D eigenvalue weighted by Gasteiger charge is 2.45. The van der Waals surface area contributed by atoms with Crippen molar-refractivity contribution in [3.63, 3.8) is 0 Å². The number of carbonyl (C=O) groups excluding carboxylic acids is 2. The van der Waals surface area contributed by atoms with Gasteiger partial charge in [0.1, 0.15) is 6.10 Å². The topological polar surface area (TPSA) is 105 Å². The summed E-state index contributed by atoms with van der Waals surface area (Å²) in [6, 6.07) is 5.96. The summed E-state index contributed by atoms with van der Waals surface area (Å²) in [6.07, 6.45) is 2.96. The summed E-state index contributed by atoms with van der Waals surface area (Å²) < 4.78 is 11.4. The van der Waals surface area contributed by atoms with Crippen molar-refractivity contribution in [3.8, 4) is 0 Å². The van der Waals surface area contributed by atoms with E-state index < -0.39 is 23.2 Å². The molecule has 31 heavy (non-hydrogen) atoms. The smallest absolute Gasteiger partial charge is 0.253 e. The lowest BCUT2D eigenvalue weighted by atomic mass is 9.85. The minimum atomic E-state index is -0.838. The highest BCUT2D eigenvalue weighted by molar-refractivity contribution is 7.99. The van der Waals surface area contributed by atoms with Gasteiger partial charge in [-0.1, -0.05) is 20.8 Å². The van der Waals surface area contributed by atoms with Gasteiger partial charge in [-0.25, -0.2) is 4.98 Å². The summed E-state index contributed by atoms with van der Waals surface area (Å²) in [5.41, 5.74) is 1.14. The van der Waals surface area contributed by atoms with Gasteiger partial charge in [0.05, 0.1) is 17.6 Å². The van der Waals surface area contributed by atoms with Gasteiger partial charge in [0.25, 0.3) is 11.8 Å². The second-order valence-electron chi connectivity index (χ2n) is 8.62. The van der Waals surface area contributed by atoms with Gasteiger partial charge in [-0.15, -0.1) is 11.8 Å². The molecule has 0 aliphatic carbocycles. The zero-order chi connectivity index (χ0) is 22.6. The highest BCUT2D eigenvalue weighted by Crippen LogP contribution is 2.34. The molecule has 1 fully saturated rings. The van der Waals surface area contributed by atoms with Gasteiger partial charge >= 0.3 is 0 Å². The number of hydrogen-bond acceptors (Lipinski definition) is 6. The number of H-pyrrole nitrogens is 1. The minimum absolute atomic E-state index is 0.328. The van der Waals surface area contributed by atoms with Crippen molar-refractivity contribution < 1.29 is 19.1 Å². The first-order valence-corrected chi connectivity index (χ1v) is 11.3. The Balaban J connectivity index is 1.57. The van der Waals surface area contributed by atoms with Crippen LogP contribution in [0.5, 0.6) is 0 Å². The molecule has 2 amide bonds. The van der Waals surface area contributed by atoms with E-state index in [4.69, 9.17) is 9.47 Å². The third-order valence-electron chi connectivity index (χ3n) is 4.77. The predicted molar refractivity (Wildman–Crippen MR) is 122 cm³/mol. The van der Waals surface area contributed by atoms with E-state index in [1.165, 1.54) is 12.3 Å². The summed E-state index contributed by atoms with van der Waals surface area (Å²) in [4.78, 5) is 33.4. The fourth-order valence-corrected chi connectivity index (χ4v) is 3.92. The van der Waals surface area contributed by atoms with Crippen LogP contribution in [0.1, 0.15) is 41.0 Å². The number of nitrogens with zero attached hydrogens (tertiary/aromatic N) is 1. The Bertz CT molecular complexity index is 983. The van der Waals surface area contributed by atoms with Gasteiger partial charge < -0.3 is 19.8 Å². The molecule has 2 aromatic rings. The maximum atomic E-state index is 12.6. The van der Waals surface area contributed by atoms with Gasteiger partial charge in [0.2, 0.25) is 5.95 Å². The zero-order valence-corrected chi connectivity index (χ0v) is 19.4. The van der Waals surface area contributed by atoms with Crippen LogP contribution < -0.4 is 10.6 Å². The number of rotatable bonds is 7. The number of carbonyl (C=O) groups is 2. The Labute approximate surface area is 186 Å². The maximum absolute atomic E-state index is 12.6. The Morgan fingerprint density at radius 2 is 2.10 bits per heavy atom. The number of amides is 2. The molecule has 1 saturated heterocycles. The number of fused-ring (bicyclic) bond motifs is 1. The van der Waals surface area contributed by atoms with E-state index in [0.717, 1.165) is 28.1 Å². The molecule has 2 heterocycles. The van der Waals surface area contributed by atoms with Gasteiger partial charge in [-0.3, -0.25) is 14.9 Å². The molecule has 0 saturated carbocycles. The molecule has 8 nitrogen and oxygen atoms in total. The van der Waals surface area contributed by atoms with E-state index in [0.29, 0.717) is 12.6 Å². The van der Waals surface area contributed by atoms with Crippen molar-refractivity contribution >= 4 is 40.6 Å². The molecule has 9 heteroatoms. The van der Waals surface area contributed by atoms with Crippen molar-refractivity contribution in [2.75, 3.05) is 17.7 Å². The number of aromatic nitrogens is 2. The minimum Gasteiger partial charge on any atom is -0.350 e. The summed E-state index contributed by atoms with van der Waals surface area (Å²) >= 11 is 1.78. The molecule has 3 N–H and O–H groups in total. The summed E-state index contributed by atoms with van der Waals surface area (Å²) in [5.74, 6) is -0.176. The molecule has 1 unspecified atom stereocenters. The molecular weight excluding hydrogens is 416 g/mol. The van der Waals surface area contributed by atoms with E-state index >= 15 is 0 Å². The largest absolute Gasteiger partial charge is 0.350 e. The number of ether oxygens (including phenoxy) is 2. The van der Waals surface area contributed by atoms with E-state index in [-0.39, 0.29) is 5.91 Å². The molecule has 1 atom stereocenters. The normalized spacial score (nSPS) is 20.1. The van der Waals surface area contributed by atoms with Crippen LogP contribution in [0.25, 0.3) is 11.0 Å². The van der Waals surface area contributed by atoms with Crippen molar-refractivity contribution in [1.82, 2.24) is 15.3 Å². The van der Waals surface area contributed by atoms with Crippen LogP contribution in [0.2, 0.25) is 0 Å². The van der Waals surface area contributed by atoms with Crippen molar-refractivity contribution in [1.29, 1.82) is 0 Å². The van der Waals surface area contributed by atoms with Gasteiger partial charge in [-0.2, -0.15) is 0 Å². The molecule has 0 radical (unpaired) electrons. The van der Waals surface area contributed by atoms with Crippen LogP contribution in [0.15, 0.2) is 35.4 Å². The number of nitrogens with one attached hydrogen (secondary N) is 3. The van der Waals surface area contributed by atoms with E-state index in [2.05, 4.69) is 27.5 Å². The third kappa shape index (κ3) is 6.09. The first kappa shape index (κ1) is 23.3. The monoisotopic (exact) mass is 446 g/mol. The van der Waals surface area contributed by atoms with E-state index in [1.807, 2.05) is 32.0 Å². The van der Waals surface area contributed by atoms with Crippen LogP contribution in [-0.4, -0.2) is 46.0 Å². The lowest BCUT2D eigenvalue weighted by Crippen LogP contribution is -2.55. The molecule has 1 aromatic heterocycles. The molecular formula is C22H30N4O4S. The van der Waals surface area contributed by atoms with Crippen molar-refractivity contribution in [2.45, 2.75) is 57.8 Å². The zero-order valence-electron chi connectivity index (χ0n) is 18.6. The van der Waals surface area contributed by atoms with E-state index in [1.54, 1.807) is 25.6 Å². The number of hydrogen-bond donors (Lipinski definition) is 3. The number of imidazole rings is 1. The maximum Gasteiger partial charge on any atom is 0.253 e. The van der Waals surface area contributed by atoms with Crippen molar-refractivity contribution in [2.24, 2.45) is 5.41 Å². The summed E-state index contributed by atoms with van der Waals surface area (Å²) in [7, 11) is 0. The van der Waals surface area contributed by atoms with Crippen molar-refractivity contribution in [3.05, 3.63) is 30.5 Å². The number of thioether (sulfide) groups is 1. The molecule has 1 aliphatic heterocycles. The Hall–Kier alpha value is -2.36. The fraction of sp³-hybridized carbons (Fsp3) is 0.500. The molecule has 1 aliphatic rings. The van der Waals surface area contributed by atoms with Crippen LogP contribution >= 0.6 is 11.8 Å². The lowest BCUT2D eigenvalue weighted by molar-refractivity contribution is -0.303. The predicted octanol–water partition coefficient (Wildman–Crippen LogP) is 3.81. The Kier molecular flexibility index (Phi) is 7.08. The third-order valence-corrected chi connectivity index (χ3v) is 5.97. The molecule has 1 aromatic carbocycles. The molecule has 3 rings (SSSR count). The van der Waals surface area contributed by atoms with Crippen LogP contribution in [0.4, 0.5) is 5.95 Å². The van der Waals surface area contributed by atoms with Crippen LogP contribution in [-0.2, 0) is 19.1 Å². The number of aromatic amines is 1. The standard InChI is InChI=1S/C22H30N4O4S/c1-6-11-31-14-7-8-15-16(12-14)25-20(24-15)26-17(27)9-10-23-19(28)18-21(2,3)13-29-22(4,5)30-18/h7-10,12,18H,6,11,13H2,1-5H3,(H,23,28)(H2,24,25,26,27). The lowest BCUT2D eigenvalue weighted by Gasteiger charge is -2.44. The van der Waals surface area contributed by atoms with Gasteiger partial charge in [-0.05, 0) is 44.2 Å². The summed E-state index contributed by atoms with van der Waals surface area (Å²) in [5, 5.41) is 5.30. The average Bonchev–Trinajstić information content (AvgIpc) is 3.09. The van der Waals surface area contributed by atoms with E-state index in [9.17, 15) is 9.59 Å². The highest BCUT2D eigenvalue weighted by atomic mass is 32.2. The second kappa shape index (κ2) is 9.42. The number of benzene rings is 1. The van der Waals surface area contributed by atoms with Gasteiger partial charge in [0.15, 0.2) is 5.79 Å². The van der Waals surface area contributed by atoms with Crippen LogP contribution in [0.3, 0.4) is 0 Å². The molecule has 0 spiro atoms. The SMILES string of the molecule is CCCSc1ccc2nc(NC(=O)C=CNC(=O)C3OC(C)(C)OCC3(C)C)[nH]c2c1. The van der Waals surface area contributed by atoms with Gasteiger partial charge in [0, 0.05) is 22.6 Å².